The number of carbonyl (C=O) groups excluding carboxylic acids is 4. The molecule has 8 nitrogen and oxygen atoms in total. The van der Waals surface area contributed by atoms with Gasteiger partial charge in [-0.05, 0) is 83.7 Å². The molecule has 2 aromatic heterocycles. The van der Waals surface area contributed by atoms with E-state index in [0.717, 1.165) is 20.9 Å². The number of hydrogen-bond donors (Lipinski definition) is 2. The molecule has 0 fully saturated rings. The summed E-state index contributed by atoms with van der Waals surface area (Å²) in [5.41, 5.74) is 2.89. The van der Waals surface area contributed by atoms with Gasteiger partial charge in [0.15, 0.2) is 0 Å². The highest BCUT2D eigenvalue weighted by molar-refractivity contribution is 7.17. The van der Waals surface area contributed by atoms with Gasteiger partial charge >= 0.3 is 11.9 Å². The normalized spacial score (nSPS) is 11.1. The van der Waals surface area contributed by atoms with Gasteiger partial charge in [-0.25, -0.2) is 9.59 Å². The molecule has 0 aliphatic rings. The van der Waals surface area contributed by atoms with Crippen LogP contribution in [0.15, 0.2) is 24.3 Å². The summed E-state index contributed by atoms with van der Waals surface area (Å²) in [6.45, 7) is 14.8. The number of nitrogens with one attached hydrogen (secondary N) is 2. The van der Waals surface area contributed by atoms with E-state index < -0.39 is 23.8 Å². The smallest absolute Gasteiger partial charge is 0.341 e. The van der Waals surface area contributed by atoms with E-state index >= 15 is 0 Å². The van der Waals surface area contributed by atoms with E-state index in [2.05, 4.69) is 10.6 Å². The predicted octanol–water partition coefficient (Wildman–Crippen LogP) is 7.19. The maximum absolute atomic E-state index is 13.2. The van der Waals surface area contributed by atoms with Gasteiger partial charge in [0.2, 0.25) is 0 Å². The lowest BCUT2D eigenvalue weighted by atomic mass is 10.1. The molecule has 1 aromatic carbocycles. The summed E-state index contributed by atoms with van der Waals surface area (Å²) in [5, 5.41) is 6.50. The van der Waals surface area contributed by atoms with Crippen LogP contribution in [0.2, 0.25) is 0 Å². The standard InChI is InChI=1S/C30H36N2O6S2/c1-9-21-17(7)39-27(23(21)29(35)37-15(3)4)31-25(33)19-12-11-13-20(14-19)26(34)32-28-24(30(36)38-16(5)6)22(10-2)18(8)40-28/h11-16H,9-10H2,1-8H3,(H,31,33)(H,32,34). The Hall–Kier alpha value is -3.50. The summed E-state index contributed by atoms with van der Waals surface area (Å²) in [4.78, 5) is 54.0. The van der Waals surface area contributed by atoms with Gasteiger partial charge in [0, 0.05) is 20.9 Å². The Bertz CT molecular complexity index is 1330. The fraction of sp³-hybridized carbons (Fsp3) is 0.400. The molecule has 0 unspecified atom stereocenters. The predicted molar refractivity (Wildman–Crippen MR) is 160 cm³/mol. The SMILES string of the molecule is CCc1c(C)sc(NC(=O)c2cccc(C(=O)Nc3sc(C)c(CC)c3C(=O)OC(C)C)c2)c1C(=O)OC(C)C. The number of thiophene rings is 2. The summed E-state index contributed by atoms with van der Waals surface area (Å²) < 4.78 is 10.8. The van der Waals surface area contributed by atoms with Crippen molar-refractivity contribution in [1.29, 1.82) is 0 Å². The second-order valence-corrected chi connectivity index (χ2v) is 12.2. The minimum atomic E-state index is -0.482. The fourth-order valence-corrected chi connectivity index (χ4v) is 6.57. The van der Waals surface area contributed by atoms with Crippen LogP contribution in [0.25, 0.3) is 0 Å². The van der Waals surface area contributed by atoms with Crippen molar-refractivity contribution in [3.63, 3.8) is 0 Å². The van der Waals surface area contributed by atoms with Gasteiger partial charge in [-0.1, -0.05) is 19.9 Å². The van der Waals surface area contributed by atoms with E-state index in [-0.39, 0.29) is 23.3 Å². The summed E-state index contributed by atoms with van der Waals surface area (Å²) >= 11 is 2.63. The van der Waals surface area contributed by atoms with Gasteiger partial charge in [-0.15, -0.1) is 22.7 Å². The van der Waals surface area contributed by atoms with E-state index in [1.54, 1.807) is 45.9 Å². The van der Waals surface area contributed by atoms with Gasteiger partial charge < -0.3 is 20.1 Å². The summed E-state index contributed by atoms with van der Waals surface area (Å²) in [6.07, 6.45) is 0.629. The quantitative estimate of drug-likeness (QED) is 0.244. The highest BCUT2D eigenvalue weighted by Gasteiger charge is 2.26. The van der Waals surface area contributed by atoms with E-state index in [4.69, 9.17) is 9.47 Å². The maximum atomic E-state index is 13.2. The fourth-order valence-electron chi connectivity index (χ4n) is 4.32. The van der Waals surface area contributed by atoms with Crippen LogP contribution in [0.5, 0.6) is 0 Å². The van der Waals surface area contributed by atoms with Crippen molar-refractivity contribution in [2.75, 3.05) is 10.6 Å². The molecular formula is C30H36N2O6S2. The van der Waals surface area contributed by atoms with Crippen molar-refractivity contribution in [2.24, 2.45) is 0 Å². The van der Waals surface area contributed by atoms with Crippen molar-refractivity contribution in [3.05, 3.63) is 67.4 Å². The minimum Gasteiger partial charge on any atom is -0.459 e. The third kappa shape index (κ3) is 6.98. The zero-order chi connectivity index (χ0) is 29.7. The number of benzene rings is 1. The molecule has 0 aliphatic carbocycles. The number of aryl methyl sites for hydroxylation is 2. The van der Waals surface area contributed by atoms with Crippen LogP contribution in [-0.2, 0) is 22.3 Å². The highest BCUT2D eigenvalue weighted by Crippen LogP contribution is 2.36. The first kappa shape index (κ1) is 31.0. The molecule has 0 atom stereocenters. The Labute approximate surface area is 243 Å². The van der Waals surface area contributed by atoms with Crippen molar-refractivity contribution in [3.8, 4) is 0 Å². The Morgan fingerprint density at radius 3 is 1.43 bits per heavy atom. The molecular weight excluding hydrogens is 548 g/mol. The van der Waals surface area contributed by atoms with Gasteiger partial charge in [0.25, 0.3) is 11.8 Å². The van der Waals surface area contributed by atoms with E-state index in [0.29, 0.717) is 34.0 Å². The number of amides is 2. The van der Waals surface area contributed by atoms with Crippen LogP contribution in [0.3, 0.4) is 0 Å². The number of hydrogen-bond acceptors (Lipinski definition) is 8. The topological polar surface area (TPSA) is 111 Å². The molecule has 40 heavy (non-hydrogen) atoms. The monoisotopic (exact) mass is 584 g/mol. The molecule has 0 bridgehead atoms. The zero-order valence-electron chi connectivity index (χ0n) is 24.1. The second-order valence-electron chi connectivity index (χ2n) is 9.79. The molecule has 0 saturated heterocycles. The molecule has 3 rings (SSSR count). The van der Waals surface area contributed by atoms with Gasteiger partial charge in [0.05, 0.1) is 23.3 Å². The third-order valence-electron chi connectivity index (χ3n) is 6.06. The second kappa shape index (κ2) is 13.2. The Morgan fingerprint density at radius 2 is 1.10 bits per heavy atom. The molecule has 0 aliphatic heterocycles. The Kier molecular flexibility index (Phi) is 10.3. The number of carbonyl (C=O) groups is 4. The molecule has 2 N–H and O–H groups in total. The van der Waals surface area contributed by atoms with E-state index in [1.165, 1.54) is 28.7 Å². The first-order valence-corrected chi connectivity index (χ1v) is 14.9. The lowest BCUT2D eigenvalue weighted by molar-refractivity contribution is 0.0367. The van der Waals surface area contributed by atoms with Gasteiger partial charge in [-0.2, -0.15) is 0 Å². The number of ether oxygens (including phenoxy) is 2. The molecule has 0 saturated carbocycles. The minimum absolute atomic E-state index is 0.246. The zero-order valence-corrected chi connectivity index (χ0v) is 25.8. The van der Waals surface area contributed by atoms with Crippen LogP contribution in [0, 0.1) is 13.8 Å². The van der Waals surface area contributed by atoms with Gasteiger partial charge in [0.1, 0.15) is 10.0 Å². The average molecular weight is 585 g/mol. The summed E-state index contributed by atoms with van der Waals surface area (Å²) in [6, 6.07) is 6.27. The third-order valence-corrected chi connectivity index (χ3v) is 8.19. The lowest BCUT2D eigenvalue weighted by Gasteiger charge is -2.12. The van der Waals surface area contributed by atoms with Crippen molar-refractivity contribution < 1.29 is 28.7 Å². The van der Waals surface area contributed by atoms with Crippen LogP contribution < -0.4 is 10.6 Å². The highest BCUT2D eigenvalue weighted by atomic mass is 32.1. The average Bonchev–Trinajstić information content (AvgIpc) is 3.37. The first-order valence-electron chi connectivity index (χ1n) is 13.3. The number of anilines is 2. The van der Waals surface area contributed by atoms with Crippen LogP contribution in [0.4, 0.5) is 10.0 Å². The Balaban J connectivity index is 1.87. The molecule has 2 heterocycles. The first-order chi connectivity index (χ1) is 18.9. The van der Waals surface area contributed by atoms with Crippen LogP contribution >= 0.6 is 22.7 Å². The molecule has 3 aromatic rings. The molecule has 2 amide bonds. The number of esters is 2. The summed E-state index contributed by atoms with van der Waals surface area (Å²) in [5.74, 6) is -1.88. The van der Waals surface area contributed by atoms with Gasteiger partial charge in [-0.3, -0.25) is 9.59 Å². The number of rotatable bonds is 10. The largest absolute Gasteiger partial charge is 0.459 e. The van der Waals surface area contributed by atoms with Crippen LogP contribution in [0.1, 0.15) is 104 Å². The van der Waals surface area contributed by atoms with Crippen molar-refractivity contribution in [2.45, 2.75) is 80.4 Å². The van der Waals surface area contributed by atoms with E-state index in [9.17, 15) is 19.2 Å². The van der Waals surface area contributed by atoms with E-state index in [1.807, 2.05) is 27.7 Å². The molecule has 0 radical (unpaired) electrons. The molecule has 0 spiro atoms. The maximum Gasteiger partial charge on any atom is 0.341 e. The van der Waals surface area contributed by atoms with Crippen molar-refractivity contribution >= 4 is 56.4 Å². The molecule has 10 heteroatoms. The molecule has 214 valence electrons. The Morgan fingerprint density at radius 1 is 0.725 bits per heavy atom. The van der Waals surface area contributed by atoms with Crippen molar-refractivity contribution in [1.82, 2.24) is 0 Å². The lowest BCUT2D eigenvalue weighted by Crippen LogP contribution is -2.19. The summed E-state index contributed by atoms with van der Waals surface area (Å²) in [7, 11) is 0. The van der Waals surface area contributed by atoms with Crippen LogP contribution in [-0.4, -0.2) is 36.0 Å².